The second-order valence-electron chi connectivity index (χ2n) is 6.09. The van der Waals surface area contributed by atoms with Crippen molar-refractivity contribution in [1.82, 2.24) is 4.98 Å². The summed E-state index contributed by atoms with van der Waals surface area (Å²) in [5, 5.41) is 19.8. The van der Waals surface area contributed by atoms with Crippen molar-refractivity contribution < 1.29 is 9.84 Å². The summed E-state index contributed by atoms with van der Waals surface area (Å²) in [6, 6.07) is 15.5. The Bertz CT molecular complexity index is 976. The third-order valence-corrected chi connectivity index (χ3v) is 5.27. The molecule has 0 spiro atoms. The molecule has 1 aromatic heterocycles. The zero-order valence-corrected chi connectivity index (χ0v) is 15.2. The standard InChI is InChI=1S/C20H19N3O2S/c1-2-10-25-14-7-5-6-13(11-14)23-12-16(24)18(19(23)21)20-22-15-8-3-4-9-17(15)26-20/h3-9,11,21,24H,2,10,12H2,1H3. The van der Waals surface area contributed by atoms with E-state index in [-0.39, 0.29) is 18.1 Å². The molecule has 0 amide bonds. The number of aliphatic hydroxyl groups excluding tert-OH is 1. The van der Waals surface area contributed by atoms with Gasteiger partial charge in [-0.3, -0.25) is 5.41 Å². The molecule has 0 unspecified atom stereocenters. The molecule has 2 aromatic carbocycles. The number of ether oxygens (including phenoxy) is 1. The number of aliphatic hydroxyl groups is 1. The third kappa shape index (κ3) is 2.93. The lowest BCUT2D eigenvalue weighted by Gasteiger charge is -2.19. The van der Waals surface area contributed by atoms with Gasteiger partial charge in [-0.2, -0.15) is 0 Å². The fourth-order valence-electron chi connectivity index (χ4n) is 2.96. The number of nitrogens with one attached hydrogen (secondary N) is 1. The molecule has 1 aliphatic rings. The molecule has 0 fully saturated rings. The van der Waals surface area contributed by atoms with Crippen molar-refractivity contribution in [3.63, 3.8) is 0 Å². The van der Waals surface area contributed by atoms with Crippen LogP contribution in [0.3, 0.4) is 0 Å². The van der Waals surface area contributed by atoms with Gasteiger partial charge in [0.2, 0.25) is 0 Å². The number of rotatable bonds is 5. The van der Waals surface area contributed by atoms with Gasteiger partial charge in [-0.15, -0.1) is 11.3 Å². The van der Waals surface area contributed by atoms with Crippen LogP contribution in [-0.2, 0) is 0 Å². The summed E-state index contributed by atoms with van der Waals surface area (Å²) in [7, 11) is 0. The predicted molar refractivity (Wildman–Crippen MR) is 106 cm³/mol. The maximum atomic E-state index is 10.5. The number of fused-ring (bicyclic) bond motifs is 1. The third-order valence-electron chi connectivity index (χ3n) is 4.21. The minimum absolute atomic E-state index is 0.175. The summed E-state index contributed by atoms with van der Waals surface area (Å²) in [6.45, 7) is 2.98. The van der Waals surface area contributed by atoms with Gasteiger partial charge in [-0.25, -0.2) is 4.98 Å². The number of hydrogen-bond acceptors (Lipinski definition) is 5. The van der Waals surface area contributed by atoms with Gasteiger partial charge in [0.05, 0.1) is 28.9 Å². The summed E-state index contributed by atoms with van der Waals surface area (Å²) >= 11 is 1.49. The van der Waals surface area contributed by atoms with Crippen LogP contribution in [0.4, 0.5) is 5.69 Å². The molecule has 4 rings (SSSR count). The Morgan fingerprint density at radius 1 is 1.23 bits per heavy atom. The normalized spacial score (nSPS) is 14.5. The van der Waals surface area contributed by atoms with Crippen LogP contribution in [0.1, 0.15) is 18.4 Å². The van der Waals surface area contributed by atoms with Crippen molar-refractivity contribution in [1.29, 1.82) is 5.41 Å². The smallest absolute Gasteiger partial charge is 0.139 e. The van der Waals surface area contributed by atoms with Crippen molar-refractivity contribution in [2.45, 2.75) is 13.3 Å². The lowest BCUT2D eigenvalue weighted by molar-refractivity contribution is 0.317. The van der Waals surface area contributed by atoms with E-state index in [0.29, 0.717) is 17.2 Å². The Morgan fingerprint density at radius 2 is 2.08 bits per heavy atom. The van der Waals surface area contributed by atoms with Crippen LogP contribution >= 0.6 is 11.3 Å². The fraction of sp³-hybridized carbons (Fsp3) is 0.200. The quantitative estimate of drug-likeness (QED) is 0.678. The molecule has 3 aromatic rings. The van der Waals surface area contributed by atoms with Gasteiger partial charge in [-0.05, 0) is 30.7 Å². The predicted octanol–water partition coefficient (Wildman–Crippen LogP) is 4.85. The highest BCUT2D eigenvalue weighted by Crippen LogP contribution is 2.35. The number of aromatic nitrogens is 1. The first-order valence-corrected chi connectivity index (χ1v) is 9.36. The van der Waals surface area contributed by atoms with E-state index in [4.69, 9.17) is 10.1 Å². The molecule has 6 heteroatoms. The molecule has 2 heterocycles. The van der Waals surface area contributed by atoms with Gasteiger partial charge in [0.1, 0.15) is 22.4 Å². The van der Waals surface area contributed by atoms with Crippen LogP contribution in [0.25, 0.3) is 15.8 Å². The maximum Gasteiger partial charge on any atom is 0.139 e. The summed E-state index contributed by atoms with van der Waals surface area (Å²) in [6.07, 6.45) is 0.938. The molecular weight excluding hydrogens is 346 g/mol. The highest BCUT2D eigenvalue weighted by Gasteiger charge is 2.31. The van der Waals surface area contributed by atoms with Crippen molar-refractivity contribution in [3.8, 4) is 5.75 Å². The van der Waals surface area contributed by atoms with Crippen molar-refractivity contribution in [3.05, 3.63) is 59.3 Å². The number of amidine groups is 1. The second-order valence-corrected chi connectivity index (χ2v) is 7.12. The van der Waals surface area contributed by atoms with Crippen LogP contribution in [-0.4, -0.2) is 29.1 Å². The largest absolute Gasteiger partial charge is 0.510 e. The number of benzene rings is 2. The van der Waals surface area contributed by atoms with E-state index in [1.807, 2.05) is 48.5 Å². The van der Waals surface area contributed by atoms with Crippen molar-refractivity contribution in [2.75, 3.05) is 18.1 Å². The zero-order chi connectivity index (χ0) is 18.1. The van der Waals surface area contributed by atoms with Gasteiger partial charge in [0.25, 0.3) is 0 Å². The van der Waals surface area contributed by atoms with Crippen molar-refractivity contribution >= 4 is 38.6 Å². The van der Waals surface area contributed by atoms with E-state index in [9.17, 15) is 5.11 Å². The van der Waals surface area contributed by atoms with E-state index in [1.54, 1.807) is 4.90 Å². The second kappa shape index (κ2) is 6.80. The number of thiazole rings is 1. The van der Waals surface area contributed by atoms with E-state index in [2.05, 4.69) is 11.9 Å². The molecule has 1 aliphatic heterocycles. The summed E-state index contributed by atoms with van der Waals surface area (Å²) in [5.74, 6) is 1.20. The topological polar surface area (TPSA) is 69.4 Å². The van der Waals surface area contributed by atoms with Crippen molar-refractivity contribution in [2.24, 2.45) is 0 Å². The number of hydrogen-bond donors (Lipinski definition) is 2. The van der Waals surface area contributed by atoms with Gasteiger partial charge in [0, 0.05) is 11.8 Å². The molecule has 5 nitrogen and oxygen atoms in total. The summed E-state index contributed by atoms with van der Waals surface area (Å²) in [4.78, 5) is 6.36. The van der Waals surface area contributed by atoms with E-state index >= 15 is 0 Å². The van der Waals surface area contributed by atoms with Crippen LogP contribution in [0, 0.1) is 5.41 Å². The Labute approximate surface area is 155 Å². The molecule has 0 saturated carbocycles. The molecular formula is C20H19N3O2S. The summed E-state index contributed by atoms with van der Waals surface area (Å²) in [5.41, 5.74) is 2.21. The van der Waals surface area contributed by atoms with Crippen LogP contribution in [0.5, 0.6) is 5.75 Å². The average molecular weight is 365 g/mol. The van der Waals surface area contributed by atoms with Gasteiger partial charge < -0.3 is 14.7 Å². The molecule has 0 atom stereocenters. The number of nitrogens with zero attached hydrogens (tertiary/aromatic N) is 2. The van der Waals surface area contributed by atoms with Crippen LogP contribution in [0.15, 0.2) is 54.3 Å². The molecule has 0 aliphatic carbocycles. The van der Waals surface area contributed by atoms with Crippen LogP contribution < -0.4 is 9.64 Å². The van der Waals surface area contributed by atoms with E-state index in [1.165, 1.54) is 11.3 Å². The molecule has 132 valence electrons. The molecule has 0 radical (unpaired) electrons. The minimum Gasteiger partial charge on any atom is -0.510 e. The molecule has 26 heavy (non-hydrogen) atoms. The van der Waals surface area contributed by atoms with E-state index < -0.39 is 0 Å². The Morgan fingerprint density at radius 3 is 2.88 bits per heavy atom. The SMILES string of the molecule is CCCOc1cccc(N2CC(O)=C(c3nc4ccccc4s3)C2=N)c1. The number of para-hydroxylation sites is 1. The molecule has 0 saturated heterocycles. The van der Waals surface area contributed by atoms with Gasteiger partial charge >= 0.3 is 0 Å². The monoisotopic (exact) mass is 365 g/mol. The lowest BCUT2D eigenvalue weighted by Crippen LogP contribution is -2.26. The molecule has 2 N–H and O–H groups in total. The summed E-state index contributed by atoms with van der Waals surface area (Å²) < 4.78 is 6.73. The van der Waals surface area contributed by atoms with E-state index in [0.717, 1.165) is 28.1 Å². The minimum atomic E-state index is 0.175. The average Bonchev–Trinajstić information content (AvgIpc) is 3.20. The van der Waals surface area contributed by atoms with Gasteiger partial charge in [-0.1, -0.05) is 25.1 Å². The highest BCUT2D eigenvalue weighted by molar-refractivity contribution is 7.19. The number of anilines is 1. The Kier molecular flexibility index (Phi) is 4.34. The Hall–Kier alpha value is -2.86. The van der Waals surface area contributed by atoms with Gasteiger partial charge in [0.15, 0.2) is 0 Å². The lowest BCUT2D eigenvalue weighted by atomic mass is 10.2. The highest BCUT2D eigenvalue weighted by atomic mass is 32.1. The molecule has 0 bridgehead atoms. The first-order chi connectivity index (χ1) is 12.7. The maximum absolute atomic E-state index is 10.5. The fourth-order valence-corrected chi connectivity index (χ4v) is 4.00. The Balaban J connectivity index is 1.64. The first-order valence-electron chi connectivity index (χ1n) is 8.54. The van der Waals surface area contributed by atoms with Crippen LogP contribution in [0.2, 0.25) is 0 Å². The first kappa shape index (κ1) is 16.6. The zero-order valence-electron chi connectivity index (χ0n) is 14.4.